The minimum Gasteiger partial charge on any atom is -0.468 e. The van der Waals surface area contributed by atoms with E-state index >= 15 is 0 Å². The fourth-order valence-corrected chi connectivity index (χ4v) is 2.54. The monoisotopic (exact) mass is 316 g/mol. The average Bonchev–Trinajstić information content (AvgIpc) is 2.47. The van der Waals surface area contributed by atoms with Crippen molar-refractivity contribution in [2.45, 2.75) is 44.8 Å². The fourth-order valence-electron chi connectivity index (χ4n) is 2.54. The largest absolute Gasteiger partial charge is 0.468 e. The summed E-state index contributed by atoms with van der Waals surface area (Å²) in [6.45, 7) is 0.710. The van der Waals surface area contributed by atoms with Gasteiger partial charge in [0.2, 0.25) is 5.88 Å². The van der Waals surface area contributed by atoms with Crippen LogP contribution in [0.3, 0.4) is 0 Å². The molecule has 0 saturated heterocycles. The molecule has 0 spiro atoms. The van der Waals surface area contributed by atoms with Crippen LogP contribution in [0.5, 0.6) is 5.88 Å². The molecule has 22 heavy (non-hydrogen) atoms. The number of rotatable bonds is 4. The number of carbonyl (C=O) groups is 1. The number of hydrogen-bond donors (Lipinski definition) is 1. The van der Waals surface area contributed by atoms with Crippen LogP contribution in [0.4, 0.5) is 13.2 Å². The third kappa shape index (κ3) is 4.89. The highest BCUT2D eigenvalue weighted by atomic mass is 19.4. The highest BCUT2D eigenvalue weighted by molar-refractivity contribution is 5.94. The molecule has 1 aromatic heterocycles. The van der Waals surface area contributed by atoms with Crippen molar-refractivity contribution in [3.8, 4) is 5.88 Å². The molecular formula is C15H19F3N2O2. The van der Waals surface area contributed by atoms with E-state index in [0.717, 1.165) is 19.3 Å². The van der Waals surface area contributed by atoms with Gasteiger partial charge in [-0.05, 0) is 24.8 Å². The van der Waals surface area contributed by atoms with E-state index in [2.05, 4.69) is 22.0 Å². The first kappa shape index (κ1) is 16.6. The zero-order valence-corrected chi connectivity index (χ0v) is 12.3. The van der Waals surface area contributed by atoms with Crippen molar-refractivity contribution in [3.05, 3.63) is 23.9 Å². The predicted molar refractivity (Wildman–Crippen MR) is 74.7 cm³/mol. The van der Waals surface area contributed by atoms with Gasteiger partial charge in [-0.2, -0.15) is 13.2 Å². The van der Waals surface area contributed by atoms with Gasteiger partial charge < -0.3 is 10.1 Å². The maximum absolute atomic E-state index is 12.1. The molecule has 1 saturated carbocycles. The molecule has 1 heterocycles. The molecule has 2 rings (SSSR count). The minimum absolute atomic E-state index is 0.141. The Morgan fingerprint density at radius 1 is 1.36 bits per heavy atom. The lowest BCUT2D eigenvalue weighted by Crippen LogP contribution is -2.41. The van der Waals surface area contributed by atoms with E-state index < -0.39 is 12.8 Å². The Hall–Kier alpha value is -1.79. The van der Waals surface area contributed by atoms with Gasteiger partial charge in [-0.1, -0.05) is 19.8 Å². The summed E-state index contributed by atoms with van der Waals surface area (Å²) < 4.78 is 40.6. The van der Waals surface area contributed by atoms with E-state index in [1.165, 1.54) is 24.8 Å². The number of pyridine rings is 1. The van der Waals surface area contributed by atoms with E-state index in [9.17, 15) is 18.0 Å². The second-order valence-electron chi connectivity index (χ2n) is 5.63. The number of amides is 1. The van der Waals surface area contributed by atoms with Crippen LogP contribution in [-0.2, 0) is 0 Å². The number of hydrogen-bond acceptors (Lipinski definition) is 3. The van der Waals surface area contributed by atoms with Crippen molar-refractivity contribution in [3.63, 3.8) is 0 Å². The maximum atomic E-state index is 12.1. The fraction of sp³-hybridized carbons (Fsp3) is 0.600. The van der Waals surface area contributed by atoms with E-state index in [4.69, 9.17) is 0 Å². The molecule has 122 valence electrons. The third-order valence-electron chi connectivity index (χ3n) is 3.81. The molecule has 7 heteroatoms. The van der Waals surface area contributed by atoms with Gasteiger partial charge in [-0.15, -0.1) is 0 Å². The Balaban J connectivity index is 1.90. The molecule has 1 amide bonds. The number of halogens is 3. The Kier molecular flexibility index (Phi) is 5.26. The molecule has 0 unspecified atom stereocenters. The van der Waals surface area contributed by atoms with Gasteiger partial charge in [-0.3, -0.25) is 4.79 Å². The lowest BCUT2D eigenvalue weighted by Gasteiger charge is -2.29. The minimum atomic E-state index is -4.41. The van der Waals surface area contributed by atoms with Crippen molar-refractivity contribution >= 4 is 5.91 Å². The molecule has 1 aromatic rings. The van der Waals surface area contributed by atoms with Crippen LogP contribution < -0.4 is 10.1 Å². The molecule has 1 fully saturated rings. The number of ether oxygens (including phenoxy) is 1. The topological polar surface area (TPSA) is 51.2 Å². The molecule has 0 aromatic carbocycles. The maximum Gasteiger partial charge on any atom is 0.422 e. The van der Waals surface area contributed by atoms with Crippen LogP contribution >= 0.6 is 0 Å². The first-order valence-electron chi connectivity index (χ1n) is 7.31. The van der Waals surface area contributed by atoms with Gasteiger partial charge in [-0.25, -0.2) is 4.98 Å². The zero-order chi connectivity index (χ0) is 16.2. The van der Waals surface area contributed by atoms with E-state index in [0.29, 0.717) is 11.5 Å². The Morgan fingerprint density at radius 3 is 2.68 bits per heavy atom. The van der Waals surface area contributed by atoms with E-state index in [1.807, 2.05) is 0 Å². The van der Waals surface area contributed by atoms with Crippen LogP contribution in [0.25, 0.3) is 0 Å². The molecule has 4 nitrogen and oxygen atoms in total. The highest BCUT2D eigenvalue weighted by Gasteiger charge is 2.28. The van der Waals surface area contributed by atoms with Gasteiger partial charge in [0.05, 0.1) is 5.56 Å². The molecule has 1 aliphatic rings. The molecule has 0 radical (unpaired) electrons. The van der Waals surface area contributed by atoms with Gasteiger partial charge >= 0.3 is 6.18 Å². The van der Waals surface area contributed by atoms with Gasteiger partial charge in [0.15, 0.2) is 6.61 Å². The lowest BCUT2D eigenvalue weighted by atomic mass is 9.86. The van der Waals surface area contributed by atoms with Gasteiger partial charge in [0.1, 0.15) is 0 Å². The SMILES string of the molecule is C[C@H]1CCCC[C@H]1NC(=O)c1ccc(OCC(F)(F)F)nc1. The Morgan fingerprint density at radius 2 is 2.09 bits per heavy atom. The average molecular weight is 316 g/mol. The zero-order valence-electron chi connectivity index (χ0n) is 12.3. The van der Waals surface area contributed by atoms with Crippen molar-refractivity contribution in [2.24, 2.45) is 5.92 Å². The summed E-state index contributed by atoms with van der Waals surface area (Å²) in [5.41, 5.74) is 0.317. The standard InChI is InChI=1S/C15H19F3N2O2/c1-10-4-2-3-5-12(10)20-14(21)11-6-7-13(19-8-11)22-9-15(16,17)18/h6-8,10,12H,2-5,9H2,1H3,(H,20,21)/t10-,12+/m0/s1. The normalized spacial score (nSPS) is 22.2. The van der Waals surface area contributed by atoms with E-state index in [-0.39, 0.29) is 17.8 Å². The van der Waals surface area contributed by atoms with Crippen LogP contribution in [0, 0.1) is 5.92 Å². The van der Waals surface area contributed by atoms with Gasteiger partial charge in [0, 0.05) is 18.3 Å². The predicted octanol–water partition coefficient (Wildman–Crippen LogP) is 3.33. The van der Waals surface area contributed by atoms with Crippen molar-refractivity contribution in [1.29, 1.82) is 0 Å². The van der Waals surface area contributed by atoms with Crippen molar-refractivity contribution in [2.75, 3.05) is 6.61 Å². The molecule has 2 atom stereocenters. The number of nitrogens with zero attached hydrogens (tertiary/aromatic N) is 1. The lowest BCUT2D eigenvalue weighted by molar-refractivity contribution is -0.154. The van der Waals surface area contributed by atoms with Crippen LogP contribution in [0.2, 0.25) is 0 Å². The quantitative estimate of drug-likeness (QED) is 0.927. The summed E-state index contributed by atoms with van der Waals surface area (Å²) in [6, 6.07) is 2.83. The molecule has 0 bridgehead atoms. The summed E-state index contributed by atoms with van der Waals surface area (Å²) in [6.07, 6.45) is 1.14. The Labute approximate surface area is 127 Å². The molecule has 0 aliphatic heterocycles. The van der Waals surface area contributed by atoms with Crippen molar-refractivity contribution in [1.82, 2.24) is 10.3 Å². The molecule has 1 aliphatic carbocycles. The summed E-state index contributed by atoms with van der Waals surface area (Å²) in [5, 5.41) is 2.96. The van der Waals surface area contributed by atoms with Crippen LogP contribution in [0.1, 0.15) is 43.0 Å². The third-order valence-corrected chi connectivity index (χ3v) is 3.81. The second-order valence-corrected chi connectivity index (χ2v) is 5.63. The summed E-state index contributed by atoms with van der Waals surface area (Å²) >= 11 is 0. The molecular weight excluding hydrogens is 297 g/mol. The van der Waals surface area contributed by atoms with E-state index in [1.54, 1.807) is 0 Å². The first-order valence-corrected chi connectivity index (χ1v) is 7.31. The highest BCUT2D eigenvalue weighted by Crippen LogP contribution is 2.24. The second kappa shape index (κ2) is 6.98. The number of aromatic nitrogens is 1. The van der Waals surface area contributed by atoms with Crippen LogP contribution in [0.15, 0.2) is 18.3 Å². The molecule has 1 N–H and O–H groups in total. The Bertz CT molecular complexity index is 503. The van der Waals surface area contributed by atoms with Crippen LogP contribution in [-0.4, -0.2) is 29.7 Å². The number of nitrogens with one attached hydrogen (secondary N) is 1. The summed E-state index contributed by atoms with van der Waals surface area (Å²) in [7, 11) is 0. The first-order chi connectivity index (χ1) is 10.3. The van der Waals surface area contributed by atoms with Gasteiger partial charge in [0.25, 0.3) is 5.91 Å². The summed E-state index contributed by atoms with van der Waals surface area (Å²) in [4.78, 5) is 15.8. The summed E-state index contributed by atoms with van der Waals surface area (Å²) in [5.74, 6) is 0.0218. The smallest absolute Gasteiger partial charge is 0.422 e. The number of alkyl halides is 3. The number of carbonyl (C=O) groups excluding carboxylic acids is 1. The van der Waals surface area contributed by atoms with Crippen molar-refractivity contribution < 1.29 is 22.7 Å².